The van der Waals surface area contributed by atoms with Gasteiger partial charge in [-0.2, -0.15) is 5.10 Å². The number of nitrogens with zero attached hydrogens (tertiary/aromatic N) is 4. The SMILES string of the molecule is CC(/C=C\c1ccccc1)=N\NC1=NC2C(C(=O)NC(=O)N2C)N1CCCc1ccccc1. The lowest BCUT2D eigenvalue weighted by Gasteiger charge is -2.36. The number of fused-ring (bicyclic) bond motifs is 1. The van der Waals surface area contributed by atoms with Crippen LogP contribution in [0, 0.1) is 0 Å². The van der Waals surface area contributed by atoms with Crippen LogP contribution >= 0.6 is 0 Å². The first kappa shape index (κ1) is 22.3. The largest absolute Gasteiger partial charge is 0.326 e. The van der Waals surface area contributed by atoms with Crippen LogP contribution in [-0.2, 0) is 11.2 Å². The molecule has 1 saturated heterocycles. The number of guanidine groups is 1. The summed E-state index contributed by atoms with van der Waals surface area (Å²) in [6.45, 7) is 2.49. The van der Waals surface area contributed by atoms with Gasteiger partial charge in [0.2, 0.25) is 5.96 Å². The van der Waals surface area contributed by atoms with E-state index in [0.717, 1.165) is 24.1 Å². The van der Waals surface area contributed by atoms with Gasteiger partial charge in [-0.15, -0.1) is 0 Å². The molecule has 8 heteroatoms. The zero-order valence-corrected chi connectivity index (χ0v) is 18.8. The lowest BCUT2D eigenvalue weighted by Crippen LogP contribution is -2.64. The Hall–Kier alpha value is -3.94. The molecular formula is C25H28N6O2. The van der Waals surface area contributed by atoms with Crippen molar-refractivity contribution in [2.45, 2.75) is 32.0 Å². The number of urea groups is 1. The van der Waals surface area contributed by atoms with Gasteiger partial charge in [0.15, 0.2) is 12.2 Å². The van der Waals surface area contributed by atoms with Gasteiger partial charge < -0.3 is 9.80 Å². The van der Waals surface area contributed by atoms with Crippen molar-refractivity contribution in [1.29, 1.82) is 0 Å². The smallest absolute Gasteiger partial charge is 0.325 e. The molecule has 0 saturated carbocycles. The van der Waals surface area contributed by atoms with Crippen LogP contribution in [-0.4, -0.2) is 59.2 Å². The van der Waals surface area contributed by atoms with Crippen molar-refractivity contribution in [3.63, 3.8) is 0 Å². The molecule has 2 aromatic carbocycles. The van der Waals surface area contributed by atoms with Gasteiger partial charge >= 0.3 is 6.03 Å². The van der Waals surface area contributed by atoms with Gasteiger partial charge in [-0.3, -0.25) is 10.1 Å². The minimum absolute atomic E-state index is 0.340. The van der Waals surface area contributed by atoms with E-state index in [9.17, 15) is 9.59 Å². The number of carbonyl (C=O) groups excluding carboxylic acids is 2. The third-order valence-electron chi connectivity index (χ3n) is 5.72. The predicted molar refractivity (Wildman–Crippen MR) is 130 cm³/mol. The summed E-state index contributed by atoms with van der Waals surface area (Å²) in [5, 5.41) is 6.86. The monoisotopic (exact) mass is 444 g/mol. The van der Waals surface area contributed by atoms with Crippen molar-refractivity contribution in [2.75, 3.05) is 13.6 Å². The maximum Gasteiger partial charge on any atom is 0.325 e. The summed E-state index contributed by atoms with van der Waals surface area (Å²) in [6.07, 6.45) is 5.01. The molecule has 2 unspecified atom stereocenters. The third-order valence-corrected chi connectivity index (χ3v) is 5.72. The highest BCUT2D eigenvalue weighted by atomic mass is 16.2. The zero-order valence-electron chi connectivity index (χ0n) is 18.8. The summed E-state index contributed by atoms with van der Waals surface area (Å²) < 4.78 is 0. The number of hydrogen-bond donors (Lipinski definition) is 2. The molecular weight excluding hydrogens is 416 g/mol. The number of aliphatic imine (C=N–C) groups is 1. The molecule has 0 aromatic heterocycles. The van der Waals surface area contributed by atoms with Crippen molar-refractivity contribution in [2.24, 2.45) is 10.1 Å². The first-order valence-electron chi connectivity index (χ1n) is 11.0. The number of rotatable bonds is 7. The Morgan fingerprint density at radius 1 is 1.12 bits per heavy atom. The molecule has 2 N–H and O–H groups in total. The van der Waals surface area contributed by atoms with Crippen LogP contribution in [0.5, 0.6) is 0 Å². The number of benzene rings is 2. The summed E-state index contributed by atoms with van der Waals surface area (Å²) in [7, 11) is 1.64. The van der Waals surface area contributed by atoms with E-state index in [1.807, 2.05) is 72.5 Å². The Morgan fingerprint density at radius 2 is 1.82 bits per heavy atom. The second-order valence-corrected chi connectivity index (χ2v) is 8.11. The Kier molecular flexibility index (Phi) is 6.83. The summed E-state index contributed by atoms with van der Waals surface area (Å²) >= 11 is 0. The molecule has 2 atom stereocenters. The highest BCUT2D eigenvalue weighted by molar-refractivity contribution is 6.04. The molecule has 2 aromatic rings. The minimum atomic E-state index is -0.583. The van der Waals surface area contributed by atoms with Crippen LogP contribution in [0.1, 0.15) is 24.5 Å². The Morgan fingerprint density at radius 3 is 2.55 bits per heavy atom. The number of imide groups is 1. The van der Waals surface area contributed by atoms with E-state index >= 15 is 0 Å². The maximum absolute atomic E-state index is 12.7. The van der Waals surface area contributed by atoms with Crippen LogP contribution in [0.4, 0.5) is 4.79 Å². The second kappa shape index (κ2) is 10.1. The fraction of sp³-hybridized carbons (Fsp3) is 0.280. The number of likely N-dealkylation sites (N-methyl/N-ethyl adjacent to an activating group) is 1. The van der Waals surface area contributed by atoms with E-state index < -0.39 is 18.2 Å². The van der Waals surface area contributed by atoms with Crippen LogP contribution in [0.25, 0.3) is 6.08 Å². The van der Waals surface area contributed by atoms with Gasteiger partial charge in [-0.1, -0.05) is 66.7 Å². The lowest BCUT2D eigenvalue weighted by molar-refractivity contribution is -0.127. The molecule has 2 aliphatic heterocycles. The van der Waals surface area contributed by atoms with Gasteiger partial charge in [0.25, 0.3) is 5.91 Å². The highest BCUT2D eigenvalue weighted by Gasteiger charge is 2.48. The molecule has 3 amide bonds. The van der Waals surface area contributed by atoms with Crippen molar-refractivity contribution in [3.05, 3.63) is 77.9 Å². The Labute approximate surface area is 193 Å². The molecule has 0 aliphatic carbocycles. The van der Waals surface area contributed by atoms with Crippen LogP contribution < -0.4 is 10.7 Å². The molecule has 1 fully saturated rings. The Balaban J connectivity index is 1.48. The molecule has 4 rings (SSSR count). The van der Waals surface area contributed by atoms with Crippen molar-refractivity contribution < 1.29 is 9.59 Å². The highest BCUT2D eigenvalue weighted by Crippen LogP contribution is 2.24. The number of nitrogens with one attached hydrogen (secondary N) is 2. The van der Waals surface area contributed by atoms with Crippen LogP contribution in [0.3, 0.4) is 0 Å². The third kappa shape index (κ3) is 5.28. The van der Waals surface area contributed by atoms with E-state index in [-0.39, 0.29) is 5.91 Å². The fourth-order valence-corrected chi connectivity index (χ4v) is 3.92. The van der Waals surface area contributed by atoms with E-state index in [4.69, 9.17) is 0 Å². The van der Waals surface area contributed by atoms with Crippen LogP contribution in [0.2, 0.25) is 0 Å². The molecule has 2 aliphatic rings. The fourth-order valence-electron chi connectivity index (χ4n) is 3.92. The average molecular weight is 445 g/mol. The van der Waals surface area contributed by atoms with E-state index in [1.54, 1.807) is 7.05 Å². The quantitative estimate of drug-likeness (QED) is 0.508. The number of allylic oxidation sites excluding steroid dienone is 1. The molecule has 0 radical (unpaired) electrons. The molecule has 170 valence electrons. The van der Waals surface area contributed by atoms with Gasteiger partial charge in [-0.25, -0.2) is 15.2 Å². The molecule has 0 bridgehead atoms. The lowest BCUT2D eigenvalue weighted by atomic mass is 10.1. The van der Waals surface area contributed by atoms with Crippen LogP contribution in [0.15, 0.2) is 76.8 Å². The summed E-state index contributed by atoms with van der Waals surface area (Å²) in [6, 6.07) is 19.2. The molecule has 0 spiro atoms. The molecule has 2 heterocycles. The average Bonchev–Trinajstić information content (AvgIpc) is 3.20. The number of amides is 3. The number of carbonyl (C=O) groups is 2. The van der Waals surface area contributed by atoms with Gasteiger partial charge in [-0.05, 0) is 37.0 Å². The topological polar surface area (TPSA) is 89.4 Å². The van der Waals surface area contributed by atoms with E-state index in [2.05, 4.69) is 33.0 Å². The molecule has 33 heavy (non-hydrogen) atoms. The summed E-state index contributed by atoms with van der Waals surface area (Å²) in [4.78, 5) is 32.8. The number of hydrazone groups is 1. The predicted octanol–water partition coefficient (Wildman–Crippen LogP) is 2.85. The van der Waals surface area contributed by atoms with Gasteiger partial charge in [0.1, 0.15) is 0 Å². The first-order valence-corrected chi connectivity index (χ1v) is 11.0. The summed E-state index contributed by atoms with van der Waals surface area (Å²) in [5.74, 6) is 0.148. The van der Waals surface area contributed by atoms with Crippen molar-refractivity contribution >= 4 is 29.7 Å². The van der Waals surface area contributed by atoms with Crippen molar-refractivity contribution in [1.82, 2.24) is 20.5 Å². The maximum atomic E-state index is 12.7. The van der Waals surface area contributed by atoms with Gasteiger partial charge in [0, 0.05) is 13.6 Å². The zero-order chi connectivity index (χ0) is 23.2. The normalized spacial score (nSPS) is 20.7. The summed E-state index contributed by atoms with van der Waals surface area (Å²) in [5.41, 5.74) is 6.10. The standard InChI is InChI=1S/C25H28N6O2/c1-18(15-16-20-12-7-4-8-13-20)28-29-24-26-22-21(23(32)27-25(33)30(22)2)31(24)17-9-14-19-10-5-3-6-11-19/h3-8,10-13,15-16,21-22H,9,14,17H2,1-2H3,(H,26,29)(H,27,32,33)/b16-15-,28-18+. The van der Waals surface area contributed by atoms with E-state index in [1.165, 1.54) is 10.5 Å². The number of hydrogen-bond acceptors (Lipinski definition) is 6. The second-order valence-electron chi connectivity index (χ2n) is 8.11. The van der Waals surface area contributed by atoms with Gasteiger partial charge in [0.05, 0.1) is 5.71 Å². The van der Waals surface area contributed by atoms with Crippen molar-refractivity contribution in [3.8, 4) is 0 Å². The first-order chi connectivity index (χ1) is 16.0. The minimum Gasteiger partial charge on any atom is -0.326 e. The Bertz CT molecular complexity index is 1080. The number of aryl methyl sites for hydroxylation is 1. The molecule has 8 nitrogen and oxygen atoms in total. The van der Waals surface area contributed by atoms with E-state index in [0.29, 0.717) is 12.5 Å².